The van der Waals surface area contributed by atoms with Crippen LogP contribution in [0.3, 0.4) is 0 Å². The molecule has 6 aromatic heterocycles. The minimum Gasteiger partial charge on any atom is -0.491 e. The second-order valence-electron chi connectivity index (χ2n) is 27.7. The molecule has 12 rings (SSSR count). The lowest BCUT2D eigenvalue weighted by Crippen LogP contribution is -2.33. The largest absolute Gasteiger partial charge is 0.499 e. The molecule has 33 heteroatoms. The maximum Gasteiger partial charge on any atom is 0.499 e. The molecule has 0 bridgehead atoms. The number of amides is 2. The number of pyridine rings is 2. The summed E-state index contributed by atoms with van der Waals surface area (Å²) in [6.07, 6.45) is 21.8. The van der Waals surface area contributed by atoms with Crippen LogP contribution in [0.1, 0.15) is 162 Å². The second-order valence-corrected chi connectivity index (χ2v) is 36.0. The molecule has 126 heavy (non-hydrogen) atoms. The molecule has 21 nitrogen and oxygen atoms in total. The minimum atomic E-state index is -1.46. The fourth-order valence-corrected chi connectivity index (χ4v) is 15.6. The minimum absolute atomic E-state index is 0.00505. The number of thiophene rings is 4. The quantitative estimate of drug-likeness (QED) is 0.00628. The third kappa shape index (κ3) is 44.6. The van der Waals surface area contributed by atoms with Gasteiger partial charge in [0.15, 0.2) is 23.1 Å². The zero-order valence-electron chi connectivity index (χ0n) is 71.0. The van der Waals surface area contributed by atoms with Gasteiger partial charge in [-0.3, -0.25) is 33.9 Å². The number of aryl methyl sites for hydroxylation is 2. The number of carboxylic acid groups (broad SMARTS) is 1. The number of nitrogens with zero attached hydrogens (tertiary/aromatic N) is 2. The summed E-state index contributed by atoms with van der Waals surface area (Å²) in [6, 6.07) is 50.4. The molecule has 1 fully saturated rings. The summed E-state index contributed by atoms with van der Waals surface area (Å²) in [5.41, 5.74) is 18.0. The molecule has 670 valence electrons. The molecule has 0 unspecified atom stereocenters. The number of ketones is 4. The maximum absolute atomic E-state index is 11.8. The van der Waals surface area contributed by atoms with E-state index in [4.69, 9.17) is 104 Å². The number of Topliss-reactive ketones (excluding diaryl/α,β-unsaturated/α-hetero) is 4. The number of unbranched alkanes of at least 4 members (excludes halogenated alkanes) is 2. The Morgan fingerprint density at radius 2 is 0.976 bits per heavy atom. The molecule has 1 aliphatic rings. The number of nitrogen functional groups attached to an aromatic ring is 1. The topological polar surface area (TPSA) is 336 Å². The second kappa shape index (κ2) is 60.6. The summed E-state index contributed by atoms with van der Waals surface area (Å²) < 4.78 is 23.2. The van der Waals surface area contributed by atoms with Crippen molar-refractivity contribution in [2.24, 2.45) is 5.73 Å². The van der Waals surface area contributed by atoms with Gasteiger partial charge in [-0.25, -0.2) is 9.59 Å². The molecule has 9 N–H and O–H groups in total. The van der Waals surface area contributed by atoms with Gasteiger partial charge in [-0.2, -0.15) is 0 Å². The van der Waals surface area contributed by atoms with Crippen molar-refractivity contribution in [1.82, 2.24) is 20.6 Å². The summed E-state index contributed by atoms with van der Waals surface area (Å²) >= 11 is 42.6. The highest BCUT2D eigenvalue weighted by atomic mass is 79.9. The number of halogens is 7. The Labute approximate surface area is 794 Å². The highest BCUT2D eigenvalue weighted by Crippen LogP contribution is 2.37. The number of nitrogens with one attached hydrogen (secondary N) is 2. The van der Waals surface area contributed by atoms with Gasteiger partial charge in [0.05, 0.1) is 53.4 Å². The Morgan fingerprint density at radius 1 is 0.548 bits per heavy atom. The van der Waals surface area contributed by atoms with Crippen LogP contribution in [-0.4, -0.2) is 131 Å². The smallest absolute Gasteiger partial charge is 0.491 e. The van der Waals surface area contributed by atoms with Gasteiger partial charge in [-0.05, 0) is 265 Å². The summed E-state index contributed by atoms with van der Waals surface area (Å²) in [4.78, 5) is 101. The van der Waals surface area contributed by atoms with Crippen LogP contribution in [-0.2, 0) is 36.7 Å². The Balaban J connectivity index is 0.000000308. The number of aliphatic carboxylic acids is 1. The standard InChI is InChI=1S/C22H19ClN2O3S.C16H17ClOS.C14H14ClNO2S.C10H12BrCl.C8H7NO2.C7H13NO3.C6H7BO3S.C6H5BrClN.C4H8O/c1-15(26)20-7-8-21(29-20)17-5-6-19(18(23)13-17)28-12-11-25-22(27)9-4-16-3-2-10-24-14-16;1-3-4-5-12-6-7-13(10-14(12)17)16-9-8-15(19-16)11(2)18;1-9(17)13-4-5-14(19-13)10-2-3-12(11(15)8-10)18-7-6-16;1-2-3-4-8-5-6-9(11)7-10(8)12;10-8(11)4-3-7-2-1-5-9-6-7;1-7(2,3)11-6(10)8-4-5-9;1-4(8)5-2-3-6(11-5)7(9)10;7-4-1-2-6(9)5(8)3-4;1-2-4-5-3-1/h2-10,13-14H,11-12H2,1H3,(H,25,27);6-10H,3-5H2,1-2H3;2-5,8H,6-7,16H2,1H3;5-7H,2-4H2,1H3;1-6H,(H,10,11);5H,4H2,1-3H3,(H,8,10);2-3,9-10H,1H3;1-3H,9H2;1-4H2/b9-4+;;;;4-3+;;;;. The number of carbonyl (C=O) groups is 8. The Kier molecular flexibility index (Phi) is 52.6. The SMILES string of the molecule is C1CCOC1.CC(=O)c1ccc(-c2ccc(OCCN)c(Cl)c2)s1.CC(=O)c1ccc(-c2ccc(OCCNC(=O)/C=C/c3cccnc3)c(Cl)c2)s1.CC(=O)c1ccc(B(O)O)s1.CC(C)(C)OC(=O)NCC=O.CCCCc1ccc(-c2ccc(C(C)=O)s2)cc1Cl.CCCCc1ccc(Br)cc1Cl.Nc1ccc(Br)cc1Cl.O=C(O)/C=C/c1cccnc1. The number of anilines is 1. The van der Waals surface area contributed by atoms with E-state index in [-0.39, 0.29) is 35.6 Å². The van der Waals surface area contributed by atoms with Gasteiger partial charge in [0.1, 0.15) is 36.6 Å². The predicted octanol–water partition coefficient (Wildman–Crippen LogP) is 23.5. The third-order valence-electron chi connectivity index (χ3n) is 16.2. The highest BCUT2D eigenvalue weighted by Gasteiger charge is 2.18. The lowest BCUT2D eigenvalue weighted by atomic mass is 9.90. The number of carboxylic acids is 1. The lowest BCUT2D eigenvalue weighted by Gasteiger charge is -2.18. The van der Waals surface area contributed by atoms with Crippen molar-refractivity contribution in [2.45, 2.75) is 119 Å². The number of aromatic nitrogens is 2. The Morgan fingerprint density at radius 3 is 1.33 bits per heavy atom. The fraction of sp³-hybridized carbons (Fsp3) is 0.269. The number of carbonyl (C=O) groups excluding carboxylic acids is 7. The van der Waals surface area contributed by atoms with E-state index in [1.807, 2.05) is 97.1 Å². The number of hydrogen-bond acceptors (Lipinski definition) is 22. The van der Waals surface area contributed by atoms with E-state index in [0.29, 0.717) is 79.4 Å². The highest BCUT2D eigenvalue weighted by molar-refractivity contribution is 9.10. The van der Waals surface area contributed by atoms with Crippen LogP contribution >= 0.6 is 135 Å². The van der Waals surface area contributed by atoms with Crippen molar-refractivity contribution in [3.63, 3.8) is 0 Å². The van der Waals surface area contributed by atoms with Gasteiger partial charge in [0.25, 0.3) is 0 Å². The van der Waals surface area contributed by atoms with Gasteiger partial charge >= 0.3 is 19.2 Å². The molecule has 2 amide bonds. The Bertz CT molecular complexity index is 5190. The zero-order chi connectivity index (χ0) is 93.1. The van der Waals surface area contributed by atoms with E-state index in [0.717, 1.165) is 121 Å². The summed E-state index contributed by atoms with van der Waals surface area (Å²) in [5, 5.41) is 33.9. The monoisotopic (exact) mass is 2010 g/mol. The number of hydrogen-bond donors (Lipinski definition) is 7. The lowest BCUT2D eigenvalue weighted by molar-refractivity contribution is -0.131. The van der Waals surface area contributed by atoms with Crippen LogP contribution in [0.2, 0.25) is 25.1 Å². The van der Waals surface area contributed by atoms with Gasteiger partial charge in [0, 0.05) is 95.1 Å². The van der Waals surface area contributed by atoms with E-state index in [2.05, 4.69) is 84.5 Å². The maximum atomic E-state index is 11.8. The molecule has 0 saturated carbocycles. The van der Waals surface area contributed by atoms with Crippen LogP contribution in [0.5, 0.6) is 11.5 Å². The van der Waals surface area contributed by atoms with Crippen LogP contribution in [0.15, 0.2) is 210 Å². The van der Waals surface area contributed by atoms with E-state index >= 15 is 0 Å². The van der Waals surface area contributed by atoms with Crippen LogP contribution in [0.4, 0.5) is 10.5 Å². The van der Waals surface area contributed by atoms with E-state index in [9.17, 15) is 38.4 Å². The van der Waals surface area contributed by atoms with Crippen molar-refractivity contribution in [2.75, 3.05) is 51.8 Å². The van der Waals surface area contributed by atoms with Crippen LogP contribution < -0.4 is 36.4 Å². The molecule has 1 aliphatic heterocycles. The first-order valence-electron chi connectivity index (χ1n) is 39.5. The Hall–Kier alpha value is -9.05. The molecule has 0 spiro atoms. The number of aldehydes is 1. The molecule has 0 atom stereocenters. The van der Waals surface area contributed by atoms with Gasteiger partial charge in [-0.15, -0.1) is 45.3 Å². The predicted molar refractivity (Wildman–Crippen MR) is 526 cm³/mol. The van der Waals surface area contributed by atoms with E-state index in [1.165, 1.54) is 102 Å². The molecule has 0 radical (unpaired) electrons. The van der Waals surface area contributed by atoms with Crippen molar-refractivity contribution in [3.8, 4) is 42.8 Å². The third-order valence-corrected chi connectivity index (χ3v) is 23.8. The number of alkyl carbamates (subject to hydrolysis) is 1. The van der Waals surface area contributed by atoms with E-state index < -0.39 is 24.8 Å². The fourth-order valence-electron chi connectivity index (χ4n) is 9.93. The summed E-state index contributed by atoms with van der Waals surface area (Å²) in [7, 11) is -1.46. The van der Waals surface area contributed by atoms with Gasteiger partial charge in [-0.1, -0.05) is 153 Å². The van der Waals surface area contributed by atoms with Crippen molar-refractivity contribution in [3.05, 3.63) is 277 Å². The average molecular weight is 2020 g/mol. The van der Waals surface area contributed by atoms with Crippen molar-refractivity contribution >= 4 is 212 Å². The van der Waals surface area contributed by atoms with Crippen LogP contribution in [0, 0.1) is 0 Å². The zero-order valence-corrected chi connectivity index (χ0v) is 81.3. The first-order valence-corrected chi connectivity index (χ1v) is 46.2. The van der Waals surface area contributed by atoms with Crippen LogP contribution in [0.25, 0.3) is 43.5 Å². The van der Waals surface area contributed by atoms with Gasteiger partial charge < -0.3 is 61.0 Å². The molecule has 5 aromatic carbocycles. The van der Waals surface area contributed by atoms with Gasteiger partial charge in [0.2, 0.25) is 5.91 Å². The molecule has 1 saturated heterocycles. The summed E-state index contributed by atoms with van der Waals surface area (Å²) in [6.45, 7) is 19.3. The molecule has 11 aromatic rings. The summed E-state index contributed by atoms with van der Waals surface area (Å²) in [5.74, 6) is 0.184. The normalized spacial score (nSPS) is 10.9. The average Bonchev–Trinajstić information content (AvgIpc) is 1.66. The van der Waals surface area contributed by atoms with Crippen molar-refractivity contribution < 1.29 is 72.5 Å². The molecular formula is C93H102BBr2Cl5N6O15S4. The number of rotatable bonds is 27. The number of ether oxygens (including phenoxy) is 4. The first kappa shape index (κ1) is 109. The number of nitrogens with two attached hydrogens (primary N) is 2. The molecule has 7 heterocycles. The van der Waals surface area contributed by atoms with Crippen molar-refractivity contribution in [1.29, 1.82) is 0 Å². The number of benzene rings is 5. The van der Waals surface area contributed by atoms with E-state index in [1.54, 1.807) is 115 Å². The molecule has 0 aliphatic carbocycles. The molecular weight excluding hydrogens is 1920 g/mol. The first-order chi connectivity index (χ1) is 60.0.